The van der Waals surface area contributed by atoms with Gasteiger partial charge in [0.2, 0.25) is 5.91 Å². The highest BCUT2D eigenvalue weighted by Gasteiger charge is 2.28. The number of carbonyl (C=O) groups excluding carboxylic acids is 1. The number of methoxy groups -OCH3 is 1. The lowest BCUT2D eigenvalue weighted by Crippen LogP contribution is -2.37. The van der Waals surface area contributed by atoms with E-state index < -0.39 is 0 Å². The van der Waals surface area contributed by atoms with Crippen LogP contribution in [0.1, 0.15) is 35.1 Å². The maximum atomic E-state index is 12.5. The Hall–Kier alpha value is -2.66. The number of ether oxygens (including phenoxy) is 1. The lowest BCUT2D eigenvalue weighted by Gasteiger charge is -2.23. The molecule has 1 atom stereocenters. The molecule has 2 aliphatic rings. The van der Waals surface area contributed by atoms with Crippen molar-refractivity contribution in [3.8, 4) is 0 Å². The zero-order valence-corrected chi connectivity index (χ0v) is 14.9. The number of rotatable bonds is 4. The minimum absolute atomic E-state index is 0.0686. The second-order valence-corrected chi connectivity index (χ2v) is 6.75. The van der Waals surface area contributed by atoms with Crippen molar-refractivity contribution in [3.63, 3.8) is 0 Å². The minimum atomic E-state index is -0.0686. The summed E-state index contributed by atoms with van der Waals surface area (Å²) < 4.78 is 5.40. The summed E-state index contributed by atoms with van der Waals surface area (Å²) in [4.78, 5) is 14.4. The highest BCUT2D eigenvalue weighted by atomic mass is 16.5. The van der Waals surface area contributed by atoms with E-state index in [1.807, 2.05) is 41.3 Å². The number of fused-ring (bicyclic) bond motifs is 1. The Bertz CT molecular complexity index is 829. The van der Waals surface area contributed by atoms with Gasteiger partial charge in [0.05, 0.1) is 18.7 Å². The standard InChI is InChI=1S/C21H23N3O2/c1-26-20-7-4-12-24(20)19(25)13-15-8-10-16(11-9-15)21-18-6-3-2-5-17(18)14-22-23-21/h2-3,5-6,8-11,20,22H,4,7,12-14H2,1H3/t20-/m0/s1. The van der Waals surface area contributed by atoms with Crippen LogP contribution in [0, 0.1) is 0 Å². The predicted molar refractivity (Wildman–Crippen MR) is 101 cm³/mol. The van der Waals surface area contributed by atoms with E-state index in [0.29, 0.717) is 6.42 Å². The number of hydrogen-bond donors (Lipinski definition) is 1. The summed E-state index contributed by atoms with van der Waals surface area (Å²) >= 11 is 0. The van der Waals surface area contributed by atoms with Crippen molar-refractivity contribution >= 4 is 11.6 Å². The van der Waals surface area contributed by atoms with Gasteiger partial charge in [-0.1, -0.05) is 48.5 Å². The van der Waals surface area contributed by atoms with Crippen LogP contribution in [-0.4, -0.2) is 36.4 Å². The Morgan fingerprint density at radius 1 is 1.23 bits per heavy atom. The molecule has 2 aliphatic heterocycles. The van der Waals surface area contributed by atoms with E-state index >= 15 is 0 Å². The summed E-state index contributed by atoms with van der Waals surface area (Å²) in [7, 11) is 1.67. The maximum absolute atomic E-state index is 12.5. The van der Waals surface area contributed by atoms with Crippen LogP contribution in [0.4, 0.5) is 0 Å². The molecule has 0 aromatic heterocycles. The summed E-state index contributed by atoms with van der Waals surface area (Å²) in [6.45, 7) is 1.54. The van der Waals surface area contributed by atoms with Gasteiger partial charge in [-0.2, -0.15) is 5.10 Å². The summed E-state index contributed by atoms with van der Waals surface area (Å²) in [5.74, 6) is 0.129. The van der Waals surface area contributed by atoms with Crippen LogP contribution in [0.5, 0.6) is 0 Å². The van der Waals surface area contributed by atoms with Gasteiger partial charge >= 0.3 is 0 Å². The Balaban J connectivity index is 1.49. The SMILES string of the molecule is CO[C@H]1CCCN1C(=O)Cc1ccc(C2=NNCc3ccccc32)cc1. The monoisotopic (exact) mass is 349 g/mol. The molecule has 1 amide bonds. The molecule has 5 nitrogen and oxygen atoms in total. The quantitative estimate of drug-likeness (QED) is 0.923. The third kappa shape index (κ3) is 3.22. The van der Waals surface area contributed by atoms with Crippen LogP contribution in [0.3, 0.4) is 0 Å². The zero-order chi connectivity index (χ0) is 17.9. The van der Waals surface area contributed by atoms with Crippen molar-refractivity contribution in [2.45, 2.75) is 32.0 Å². The van der Waals surface area contributed by atoms with Crippen LogP contribution in [-0.2, 0) is 22.5 Å². The molecule has 1 fully saturated rings. The molecule has 0 saturated carbocycles. The molecule has 1 N–H and O–H groups in total. The molecule has 5 heteroatoms. The maximum Gasteiger partial charge on any atom is 0.229 e. The number of benzene rings is 2. The molecule has 2 heterocycles. The van der Waals surface area contributed by atoms with E-state index in [4.69, 9.17) is 4.74 Å². The number of nitrogens with zero attached hydrogens (tertiary/aromatic N) is 2. The first kappa shape index (κ1) is 16.8. The van der Waals surface area contributed by atoms with E-state index in [-0.39, 0.29) is 12.1 Å². The van der Waals surface area contributed by atoms with Crippen molar-refractivity contribution in [3.05, 3.63) is 70.8 Å². The molecular formula is C21H23N3O2. The highest BCUT2D eigenvalue weighted by Crippen LogP contribution is 2.21. The third-order valence-electron chi connectivity index (χ3n) is 5.11. The van der Waals surface area contributed by atoms with Crippen LogP contribution in [0.15, 0.2) is 53.6 Å². The van der Waals surface area contributed by atoms with Crippen LogP contribution >= 0.6 is 0 Å². The third-order valence-corrected chi connectivity index (χ3v) is 5.11. The number of likely N-dealkylation sites (tertiary alicyclic amines) is 1. The van der Waals surface area contributed by atoms with Gasteiger partial charge < -0.3 is 15.1 Å². The molecule has 0 spiro atoms. The smallest absolute Gasteiger partial charge is 0.229 e. The van der Waals surface area contributed by atoms with Crippen molar-refractivity contribution in [2.24, 2.45) is 5.10 Å². The molecule has 0 aliphatic carbocycles. The van der Waals surface area contributed by atoms with Gasteiger partial charge in [-0.3, -0.25) is 4.79 Å². The van der Waals surface area contributed by atoms with Gasteiger partial charge in [-0.25, -0.2) is 0 Å². The van der Waals surface area contributed by atoms with Gasteiger partial charge in [0.15, 0.2) is 0 Å². The summed E-state index contributed by atoms with van der Waals surface area (Å²) in [6, 6.07) is 16.4. The van der Waals surface area contributed by atoms with E-state index in [9.17, 15) is 4.79 Å². The van der Waals surface area contributed by atoms with Gasteiger partial charge in [-0.15, -0.1) is 0 Å². The summed E-state index contributed by atoms with van der Waals surface area (Å²) in [5.41, 5.74) is 8.52. The molecule has 0 bridgehead atoms. The Labute approximate surface area is 153 Å². The Morgan fingerprint density at radius 3 is 2.85 bits per heavy atom. The van der Waals surface area contributed by atoms with Crippen molar-refractivity contribution in [1.29, 1.82) is 0 Å². The average molecular weight is 349 g/mol. The van der Waals surface area contributed by atoms with Crippen molar-refractivity contribution < 1.29 is 9.53 Å². The lowest BCUT2D eigenvalue weighted by atomic mass is 9.95. The largest absolute Gasteiger partial charge is 0.362 e. The zero-order valence-electron chi connectivity index (χ0n) is 14.9. The van der Waals surface area contributed by atoms with Crippen LogP contribution < -0.4 is 5.43 Å². The topological polar surface area (TPSA) is 53.9 Å². The fourth-order valence-electron chi connectivity index (χ4n) is 3.71. The molecule has 0 unspecified atom stereocenters. The highest BCUT2D eigenvalue weighted by molar-refractivity contribution is 6.14. The molecule has 2 aromatic carbocycles. The van der Waals surface area contributed by atoms with E-state index in [2.05, 4.69) is 22.7 Å². The number of carbonyl (C=O) groups is 1. The number of amides is 1. The molecule has 1 saturated heterocycles. The molecular weight excluding hydrogens is 326 g/mol. The van der Waals surface area contributed by atoms with Gasteiger partial charge in [-0.05, 0) is 24.0 Å². The van der Waals surface area contributed by atoms with Crippen LogP contribution in [0.2, 0.25) is 0 Å². The van der Waals surface area contributed by atoms with E-state index in [0.717, 1.165) is 48.3 Å². The second-order valence-electron chi connectivity index (χ2n) is 6.75. The normalized spacial score (nSPS) is 18.9. The number of nitrogens with one attached hydrogen (secondary N) is 1. The average Bonchev–Trinajstić information content (AvgIpc) is 3.17. The Morgan fingerprint density at radius 2 is 2.04 bits per heavy atom. The lowest BCUT2D eigenvalue weighted by molar-refractivity contribution is -0.139. The molecule has 134 valence electrons. The first-order valence-corrected chi connectivity index (χ1v) is 9.06. The minimum Gasteiger partial charge on any atom is -0.362 e. The van der Waals surface area contributed by atoms with Gasteiger partial charge in [0.1, 0.15) is 6.23 Å². The summed E-state index contributed by atoms with van der Waals surface area (Å²) in [6.07, 6.45) is 2.27. The van der Waals surface area contributed by atoms with Gasteiger partial charge in [0.25, 0.3) is 0 Å². The second kappa shape index (κ2) is 7.30. The molecule has 2 aromatic rings. The molecule has 26 heavy (non-hydrogen) atoms. The molecule has 0 radical (unpaired) electrons. The van der Waals surface area contributed by atoms with Crippen molar-refractivity contribution in [1.82, 2.24) is 10.3 Å². The van der Waals surface area contributed by atoms with Gasteiger partial charge in [0, 0.05) is 24.8 Å². The first-order chi connectivity index (χ1) is 12.8. The van der Waals surface area contributed by atoms with E-state index in [1.54, 1.807) is 7.11 Å². The fourth-order valence-corrected chi connectivity index (χ4v) is 3.71. The number of hydrazone groups is 1. The molecule has 4 rings (SSSR count). The number of hydrogen-bond acceptors (Lipinski definition) is 4. The first-order valence-electron chi connectivity index (χ1n) is 9.06. The summed E-state index contributed by atoms with van der Waals surface area (Å²) in [5, 5.41) is 4.49. The Kier molecular flexibility index (Phi) is 4.71. The predicted octanol–water partition coefficient (Wildman–Crippen LogP) is 2.68. The fraction of sp³-hybridized carbons (Fsp3) is 0.333. The van der Waals surface area contributed by atoms with Crippen LogP contribution in [0.25, 0.3) is 0 Å². The van der Waals surface area contributed by atoms with E-state index in [1.165, 1.54) is 5.56 Å². The van der Waals surface area contributed by atoms with Crippen molar-refractivity contribution in [2.75, 3.05) is 13.7 Å².